The number of aliphatic hydroxyl groups excluding tert-OH is 1. The van der Waals surface area contributed by atoms with Crippen molar-refractivity contribution in [2.75, 3.05) is 0 Å². The molecule has 0 aliphatic carbocycles. The molecule has 2 N–H and O–H groups in total. The minimum absolute atomic E-state index is 0.113. The Balaban J connectivity index is 2.26. The first kappa shape index (κ1) is 17.2. The van der Waals surface area contributed by atoms with Gasteiger partial charge in [0.1, 0.15) is 12.1 Å². The first-order valence-electron chi connectivity index (χ1n) is 7.14. The summed E-state index contributed by atoms with van der Waals surface area (Å²) in [7, 11) is 0. The van der Waals surface area contributed by atoms with Crippen molar-refractivity contribution in [1.29, 1.82) is 0 Å². The number of aliphatic hydroxyl groups is 1. The lowest BCUT2D eigenvalue weighted by molar-refractivity contribution is -0.136. The van der Waals surface area contributed by atoms with Crippen LogP contribution in [0.3, 0.4) is 0 Å². The Morgan fingerprint density at radius 3 is 2.56 bits per heavy atom. The number of carboxylic acids is 1. The molecule has 2 heterocycles. The number of fused-ring (bicyclic) bond motifs is 1. The lowest BCUT2D eigenvalue weighted by Gasteiger charge is -2.06. The van der Waals surface area contributed by atoms with Crippen molar-refractivity contribution < 1.29 is 15.0 Å². The average Bonchev–Trinajstić information content (AvgIpc) is 3.03. The molecule has 0 spiro atoms. The highest BCUT2D eigenvalue weighted by molar-refractivity contribution is 6.42. The first-order valence-corrected chi connectivity index (χ1v) is 7.90. The first-order chi connectivity index (χ1) is 11.9. The van der Waals surface area contributed by atoms with Crippen LogP contribution in [0.25, 0.3) is 22.5 Å². The van der Waals surface area contributed by atoms with Crippen LogP contribution in [0, 0.1) is 0 Å². The molecule has 0 aliphatic rings. The molecule has 0 amide bonds. The maximum Gasteiger partial charge on any atom is 0.303 e. The number of carbonyl (C=O) groups is 1. The zero-order valence-electron chi connectivity index (χ0n) is 12.6. The van der Waals surface area contributed by atoms with Crippen molar-refractivity contribution in [2.45, 2.75) is 12.8 Å². The largest absolute Gasteiger partial charge is 0.510 e. The van der Waals surface area contributed by atoms with E-state index in [0.29, 0.717) is 26.8 Å². The summed E-state index contributed by atoms with van der Waals surface area (Å²) in [5.74, 6) is -1.44. The van der Waals surface area contributed by atoms with Crippen LogP contribution in [0.2, 0.25) is 10.0 Å². The monoisotopic (exact) mass is 379 g/mol. The van der Waals surface area contributed by atoms with E-state index in [9.17, 15) is 14.7 Å². The molecule has 3 aromatic rings. The number of halogens is 2. The minimum Gasteiger partial charge on any atom is -0.510 e. The summed E-state index contributed by atoms with van der Waals surface area (Å²) in [4.78, 5) is 27.3. The smallest absolute Gasteiger partial charge is 0.303 e. The Bertz CT molecular complexity index is 1090. The zero-order valence-corrected chi connectivity index (χ0v) is 14.1. The number of hydrogen-bond acceptors (Lipinski definition) is 5. The van der Waals surface area contributed by atoms with Crippen molar-refractivity contribution in [3.63, 3.8) is 0 Å². The van der Waals surface area contributed by atoms with Gasteiger partial charge in [-0.15, -0.1) is 0 Å². The summed E-state index contributed by atoms with van der Waals surface area (Å²) in [5.41, 5.74) is 0.897. The van der Waals surface area contributed by atoms with Crippen LogP contribution in [-0.2, 0) is 4.79 Å². The summed E-state index contributed by atoms with van der Waals surface area (Å²) in [5, 5.41) is 23.4. The van der Waals surface area contributed by atoms with Crippen LogP contribution >= 0.6 is 23.2 Å². The van der Waals surface area contributed by atoms with E-state index in [1.165, 1.54) is 16.9 Å². The van der Waals surface area contributed by atoms with Gasteiger partial charge in [0.2, 0.25) is 5.43 Å². The van der Waals surface area contributed by atoms with E-state index in [1.54, 1.807) is 18.2 Å². The van der Waals surface area contributed by atoms with Gasteiger partial charge >= 0.3 is 5.97 Å². The normalized spacial score (nSPS) is 12.4. The van der Waals surface area contributed by atoms with Gasteiger partial charge in [0.15, 0.2) is 11.0 Å². The minimum atomic E-state index is -1.08. The van der Waals surface area contributed by atoms with Crippen LogP contribution < -0.4 is 10.8 Å². The Morgan fingerprint density at radius 1 is 1.12 bits per heavy atom. The van der Waals surface area contributed by atoms with Crippen LogP contribution in [-0.4, -0.2) is 30.8 Å². The third kappa shape index (κ3) is 3.29. The number of aromatic nitrogens is 3. The number of nitrogens with zero attached hydrogens (tertiary/aromatic N) is 3. The molecule has 0 radical (unpaired) electrons. The molecule has 25 heavy (non-hydrogen) atoms. The molecule has 2 aromatic heterocycles. The molecule has 7 nitrogen and oxygen atoms in total. The predicted molar refractivity (Wildman–Crippen MR) is 92.8 cm³/mol. The summed E-state index contributed by atoms with van der Waals surface area (Å²) in [6, 6.07) is 6.18. The number of pyridine rings is 1. The Hall–Kier alpha value is -2.64. The van der Waals surface area contributed by atoms with E-state index < -0.39 is 11.4 Å². The van der Waals surface area contributed by atoms with E-state index in [-0.39, 0.29) is 23.9 Å². The van der Waals surface area contributed by atoms with Gasteiger partial charge in [-0.3, -0.25) is 9.59 Å². The SMILES string of the molecule is O=C(O)CC/C(O)=c1\c(=O)cc(-c2ccc(Cl)c(Cl)c2)c2ncnn12. The average molecular weight is 380 g/mol. The van der Waals surface area contributed by atoms with Crippen molar-refractivity contribution in [3.8, 4) is 11.1 Å². The lowest BCUT2D eigenvalue weighted by atomic mass is 10.1. The highest BCUT2D eigenvalue weighted by atomic mass is 35.5. The van der Waals surface area contributed by atoms with Gasteiger partial charge in [-0.05, 0) is 23.8 Å². The van der Waals surface area contributed by atoms with Crippen LogP contribution in [0.5, 0.6) is 0 Å². The predicted octanol–water partition coefficient (Wildman–Crippen LogP) is 2.31. The van der Waals surface area contributed by atoms with E-state index >= 15 is 0 Å². The molecular weight excluding hydrogens is 369 g/mol. The fourth-order valence-electron chi connectivity index (χ4n) is 2.44. The van der Waals surface area contributed by atoms with Gasteiger partial charge < -0.3 is 10.2 Å². The Morgan fingerprint density at radius 2 is 1.88 bits per heavy atom. The molecule has 0 unspecified atom stereocenters. The number of benzene rings is 1. The molecule has 0 saturated carbocycles. The molecule has 3 rings (SSSR count). The second kappa shape index (κ2) is 6.70. The highest BCUT2D eigenvalue weighted by Crippen LogP contribution is 2.29. The summed E-state index contributed by atoms with van der Waals surface area (Å²) < 4.78 is 1.19. The molecule has 0 bridgehead atoms. The van der Waals surface area contributed by atoms with Crippen molar-refractivity contribution >= 4 is 40.6 Å². The molecular formula is C16H11Cl2N3O4. The second-order valence-electron chi connectivity index (χ2n) is 5.24. The molecule has 0 atom stereocenters. The summed E-state index contributed by atoms with van der Waals surface area (Å²) in [6.07, 6.45) is 0.742. The topological polar surface area (TPSA) is 105 Å². The van der Waals surface area contributed by atoms with Gasteiger partial charge in [-0.25, -0.2) is 9.50 Å². The fourth-order valence-corrected chi connectivity index (χ4v) is 2.74. The number of hydrogen-bond donors (Lipinski definition) is 2. The van der Waals surface area contributed by atoms with Gasteiger partial charge in [0.25, 0.3) is 0 Å². The van der Waals surface area contributed by atoms with Crippen molar-refractivity contribution in [1.82, 2.24) is 14.6 Å². The van der Waals surface area contributed by atoms with Gasteiger partial charge in [0.05, 0.1) is 16.5 Å². The molecule has 0 aliphatic heterocycles. The van der Waals surface area contributed by atoms with Crippen molar-refractivity contribution in [2.24, 2.45) is 0 Å². The summed E-state index contributed by atoms with van der Waals surface area (Å²) >= 11 is 11.9. The van der Waals surface area contributed by atoms with Crippen LogP contribution in [0.4, 0.5) is 0 Å². The molecule has 9 heteroatoms. The van der Waals surface area contributed by atoms with E-state index in [1.807, 2.05) is 0 Å². The van der Waals surface area contributed by atoms with E-state index in [4.69, 9.17) is 28.3 Å². The van der Waals surface area contributed by atoms with Crippen LogP contribution in [0.1, 0.15) is 12.8 Å². The highest BCUT2D eigenvalue weighted by Gasteiger charge is 2.14. The molecule has 0 fully saturated rings. The van der Waals surface area contributed by atoms with Gasteiger partial charge in [0, 0.05) is 12.0 Å². The summed E-state index contributed by atoms with van der Waals surface area (Å²) in [6.45, 7) is 0. The quantitative estimate of drug-likeness (QED) is 0.720. The van der Waals surface area contributed by atoms with Crippen LogP contribution in [0.15, 0.2) is 35.4 Å². The number of carboxylic acid groups (broad SMARTS) is 1. The molecule has 0 saturated heterocycles. The Kier molecular flexibility index (Phi) is 4.61. The molecule has 128 valence electrons. The maximum atomic E-state index is 12.5. The standard InChI is InChI=1S/C16H11Cl2N3O4/c17-10-2-1-8(5-11(10)18)9-6-13(23)15(12(22)3-4-14(24)25)21-16(9)19-7-20-21/h1-2,5-7,22H,3-4H2,(H,24,25)/b15-12-. The second-order valence-corrected chi connectivity index (χ2v) is 6.05. The zero-order chi connectivity index (χ0) is 18.1. The third-order valence-electron chi connectivity index (χ3n) is 3.59. The number of rotatable bonds is 4. The number of aliphatic carboxylic acids is 1. The third-order valence-corrected chi connectivity index (χ3v) is 4.33. The molecule has 1 aromatic carbocycles. The van der Waals surface area contributed by atoms with Gasteiger partial charge in [-0.2, -0.15) is 5.10 Å². The fraction of sp³-hybridized carbons (Fsp3) is 0.125. The van der Waals surface area contributed by atoms with E-state index in [2.05, 4.69) is 10.1 Å². The van der Waals surface area contributed by atoms with Gasteiger partial charge in [-0.1, -0.05) is 29.3 Å². The van der Waals surface area contributed by atoms with E-state index in [0.717, 1.165) is 0 Å². The maximum absolute atomic E-state index is 12.5. The van der Waals surface area contributed by atoms with Crippen molar-refractivity contribution in [3.05, 3.63) is 56.2 Å². The lowest BCUT2D eigenvalue weighted by Crippen LogP contribution is -2.34. The Labute approximate surface area is 150 Å².